The van der Waals surface area contributed by atoms with E-state index in [1.54, 1.807) is 36.4 Å². The fraction of sp³-hybridized carbons (Fsp3) is 0.519. The summed E-state index contributed by atoms with van der Waals surface area (Å²) in [6, 6.07) is 19.2. The molecule has 26 heteroatoms. The maximum Gasteiger partial charge on any atom is 0.314 e. The Hall–Kier alpha value is -4.24. The number of carbonyl (C=O) groups excluding carboxylic acids is 2. The largest absolute Gasteiger partial charge is 0.484 e. The van der Waals surface area contributed by atoms with E-state index < -0.39 is 20.0 Å². The molecule has 4 aromatic carbocycles. The van der Waals surface area contributed by atoms with Gasteiger partial charge in [0.15, 0.2) is 0 Å². The normalized spacial score (nSPS) is 17.0. The van der Waals surface area contributed by atoms with Crippen molar-refractivity contribution in [3.05, 3.63) is 115 Å². The molecule has 0 aliphatic heterocycles. The fourth-order valence-electron chi connectivity index (χ4n) is 8.98. The summed E-state index contributed by atoms with van der Waals surface area (Å²) in [5, 5.41) is 13.2. The molecule has 0 saturated carbocycles. The lowest BCUT2D eigenvalue weighted by atomic mass is 10.1. The van der Waals surface area contributed by atoms with Crippen LogP contribution >= 0.6 is 46.4 Å². The lowest BCUT2D eigenvalue weighted by molar-refractivity contribution is 0.0471. The fourth-order valence-corrected chi connectivity index (χ4v) is 12.5. The van der Waals surface area contributed by atoms with Gasteiger partial charge < -0.3 is 59.5 Å². The number of benzene rings is 4. The molecule has 1 unspecified atom stereocenters. The van der Waals surface area contributed by atoms with E-state index in [4.69, 9.17) is 74.8 Å². The van der Waals surface area contributed by atoms with Crippen molar-refractivity contribution in [2.75, 3.05) is 134 Å². The molecule has 0 heterocycles. The molecule has 0 radical (unpaired) electrons. The van der Waals surface area contributed by atoms with E-state index in [1.807, 2.05) is 40.3 Å². The lowest BCUT2D eigenvalue weighted by Gasteiger charge is -2.27. The van der Waals surface area contributed by atoms with Crippen molar-refractivity contribution in [3.63, 3.8) is 0 Å². The molecule has 2 aliphatic carbocycles. The van der Waals surface area contributed by atoms with Gasteiger partial charge in [0, 0.05) is 84.6 Å². The van der Waals surface area contributed by atoms with Gasteiger partial charge in [0.05, 0.1) is 74.7 Å². The third-order valence-corrected chi connectivity index (χ3v) is 18.4. The first-order valence-electron chi connectivity index (χ1n) is 26.3. The van der Waals surface area contributed by atoms with Crippen molar-refractivity contribution in [3.8, 4) is 11.5 Å². The van der Waals surface area contributed by atoms with Crippen LogP contribution in [0.15, 0.2) is 82.6 Å². The number of carbonyl (C=O) groups is 2. The summed E-state index contributed by atoms with van der Waals surface area (Å²) in [6.07, 6.45) is 2.02. The summed E-state index contributed by atoms with van der Waals surface area (Å²) in [5.41, 5.74) is 3.81. The second-order valence-electron chi connectivity index (χ2n) is 19.6. The molecule has 0 fully saturated rings. The average Bonchev–Trinajstić information content (AvgIpc) is 4.15. The molecule has 4 amide bonds. The molecule has 0 bridgehead atoms. The monoisotopic (exact) mass is 1230 g/mol. The number of nitrogens with zero attached hydrogens (tertiary/aromatic N) is 4. The van der Waals surface area contributed by atoms with E-state index in [2.05, 4.69) is 31.1 Å². The standard InChI is InChI=1S/C54H74Cl4N8O12S2/c1-63(2)49-35-43-45(31-37(55)33-47(43)57)51(49)77-39-9-13-41(14-10-39)79(69,70)65(5)21-25-75-29-27-73-23-19-61-53(67)59-17-7-8-18-60-54(68)62-20-24-74-28-30-76-26-22-66(6)80(71,72)42-15-11-40(12-16-42)78-52-46-32-38(56)34-48(58)44(46)36-50(52)64(3)4/h9-16,31-34,49-52H,7-8,17-30,35-36H2,1-6H3,(H2,59,61,67)(H2,60,62,68)/t49-,50?,51-,52-/m0/s1. The smallest absolute Gasteiger partial charge is 0.314 e. The molecule has 2 aliphatic rings. The number of amides is 4. The minimum Gasteiger partial charge on any atom is -0.484 e. The Balaban J connectivity index is 0.711. The highest BCUT2D eigenvalue weighted by atomic mass is 35.5. The van der Waals surface area contributed by atoms with Crippen molar-refractivity contribution in [1.29, 1.82) is 0 Å². The van der Waals surface area contributed by atoms with E-state index >= 15 is 0 Å². The van der Waals surface area contributed by atoms with E-state index in [-0.39, 0.29) is 125 Å². The molecule has 80 heavy (non-hydrogen) atoms. The Morgan fingerprint density at radius 2 is 0.825 bits per heavy atom. The summed E-state index contributed by atoms with van der Waals surface area (Å²) in [4.78, 5) is 28.7. The zero-order chi connectivity index (χ0) is 58.0. The molecule has 4 aromatic rings. The van der Waals surface area contributed by atoms with Gasteiger partial charge in [-0.3, -0.25) is 0 Å². The number of hydrogen-bond acceptors (Lipinski definition) is 14. The summed E-state index contributed by atoms with van der Waals surface area (Å²) in [6.45, 7) is 3.52. The van der Waals surface area contributed by atoms with Gasteiger partial charge in [-0.1, -0.05) is 46.4 Å². The number of nitrogens with one attached hydrogen (secondary N) is 4. The highest BCUT2D eigenvalue weighted by molar-refractivity contribution is 7.89. The van der Waals surface area contributed by atoms with Crippen molar-refractivity contribution >= 4 is 78.5 Å². The zero-order valence-corrected chi connectivity index (χ0v) is 50.6. The Labute approximate surface area is 491 Å². The quantitative estimate of drug-likeness (QED) is 0.0357. The molecular weight excluding hydrogens is 1160 g/mol. The van der Waals surface area contributed by atoms with Gasteiger partial charge in [0.25, 0.3) is 0 Å². The summed E-state index contributed by atoms with van der Waals surface area (Å²) in [7, 11) is 3.32. The summed E-state index contributed by atoms with van der Waals surface area (Å²) < 4.78 is 90.5. The zero-order valence-electron chi connectivity index (χ0n) is 46.0. The number of likely N-dealkylation sites (N-methyl/N-ethyl adjacent to an activating group) is 4. The van der Waals surface area contributed by atoms with Crippen LogP contribution < -0.4 is 30.7 Å². The van der Waals surface area contributed by atoms with Crippen molar-refractivity contribution in [1.82, 2.24) is 39.7 Å². The van der Waals surface area contributed by atoms with Gasteiger partial charge in [-0.15, -0.1) is 0 Å². The second kappa shape index (κ2) is 31.4. The highest BCUT2D eigenvalue weighted by Crippen LogP contribution is 2.44. The van der Waals surface area contributed by atoms with Gasteiger partial charge >= 0.3 is 12.1 Å². The van der Waals surface area contributed by atoms with Gasteiger partial charge in [-0.25, -0.2) is 26.4 Å². The van der Waals surface area contributed by atoms with Gasteiger partial charge in [0.2, 0.25) is 20.0 Å². The number of hydrogen-bond donors (Lipinski definition) is 4. The van der Waals surface area contributed by atoms with Crippen LogP contribution in [0.4, 0.5) is 9.59 Å². The van der Waals surface area contributed by atoms with Crippen molar-refractivity contribution < 1.29 is 54.8 Å². The van der Waals surface area contributed by atoms with Gasteiger partial charge in [0.1, 0.15) is 23.7 Å². The Morgan fingerprint density at radius 3 is 1.18 bits per heavy atom. The SMILES string of the molecule is CN(C)C1Cc2c(Cl)cc(Cl)cc2[C@@H]1Oc1ccc(S(=O)(=O)N(C)CCOCCOCCNC(=O)NCCCCNC(=O)NCCOCCOCCN(C)S(=O)(=O)c2ccc(O[C@H]3c4cc(Cl)cc(Cl)c4C[C@@H]3N(C)C)cc2)cc1. The molecule has 4 atom stereocenters. The Kier molecular flexibility index (Phi) is 25.5. The summed E-state index contributed by atoms with van der Waals surface area (Å²) in [5.74, 6) is 1.04. The maximum atomic E-state index is 13.3. The van der Waals surface area contributed by atoms with Gasteiger partial charge in [-0.05, 0) is 138 Å². The van der Waals surface area contributed by atoms with Gasteiger partial charge in [-0.2, -0.15) is 8.61 Å². The first-order valence-corrected chi connectivity index (χ1v) is 30.7. The van der Waals surface area contributed by atoms with E-state index in [0.29, 0.717) is 70.4 Å². The number of rotatable bonds is 33. The molecule has 20 nitrogen and oxygen atoms in total. The number of urea groups is 2. The maximum absolute atomic E-state index is 13.3. The first-order chi connectivity index (χ1) is 38.2. The minimum absolute atomic E-state index is 0.0173. The third-order valence-electron chi connectivity index (χ3n) is 13.5. The van der Waals surface area contributed by atoms with Crippen molar-refractivity contribution in [2.24, 2.45) is 0 Å². The molecule has 4 N–H and O–H groups in total. The number of unbranched alkanes of at least 4 members (excludes halogenated alkanes) is 1. The first kappa shape index (κ1) is 64.9. The topological polar surface area (TPSA) is 219 Å². The van der Waals surface area contributed by atoms with E-state index in [9.17, 15) is 26.4 Å². The van der Waals surface area contributed by atoms with E-state index in [0.717, 1.165) is 22.3 Å². The molecule has 0 saturated heterocycles. The van der Waals surface area contributed by atoms with Crippen LogP contribution in [-0.4, -0.2) is 194 Å². The molecular formula is C54H74Cl4N8O12S2. The Morgan fingerprint density at radius 1 is 0.487 bits per heavy atom. The van der Waals surface area contributed by atoms with Crippen molar-refractivity contribution in [2.45, 2.75) is 59.8 Å². The third kappa shape index (κ3) is 18.6. The van der Waals surface area contributed by atoms with Crippen LogP contribution in [0.2, 0.25) is 20.1 Å². The van der Waals surface area contributed by atoms with E-state index in [1.165, 1.54) is 47.0 Å². The van der Waals surface area contributed by atoms with Crippen LogP contribution in [0.3, 0.4) is 0 Å². The van der Waals surface area contributed by atoms with Crippen LogP contribution in [0.5, 0.6) is 11.5 Å². The number of halogens is 4. The number of ether oxygens (including phenoxy) is 6. The Bertz CT molecular complexity index is 2690. The molecule has 6 rings (SSSR count). The summed E-state index contributed by atoms with van der Waals surface area (Å²) >= 11 is 25.6. The predicted octanol–water partition coefficient (Wildman–Crippen LogP) is 6.90. The average molecular weight is 1230 g/mol. The molecule has 0 aromatic heterocycles. The van der Waals surface area contributed by atoms with Crippen LogP contribution in [0.1, 0.15) is 47.3 Å². The highest BCUT2D eigenvalue weighted by Gasteiger charge is 2.39. The van der Waals surface area contributed by atoms with Crippen LogP contribution in [0.25, 0.3) is 0 Å². The second-order valence-corrected chi connectivity index (χ2v) is 25.4. The predicted molar refractivity (Wildman–Crippen MR) is 310 cm³/mol. The lowest BCUT2D eigenvalue weighted by Crippen LogP contribution is -2.39. The minimum atomic E-state index is -3.78. The van der Waals surface area contributed by atoms with Crippen LogP contribution in [0, 0.1) is 0 Å². The molecule has 0 spiro atoms. The number of sulfonamides is 2. The molecule has 442 valence electrons. The van der Waals surface area contributed by atoms with Crippen LogP contribution in [-0.2, 0) is 51.8 Å². The number of fused-ring (bicyclic) bond motifs is 2.